The Morgan fingerprint density at radius 2 is 2.31 bits per heavy atom. The molecular formula is C11H14N2O3. The third kappa shape index (κ3) is 2.13. The van der Waals surface area contributed by atoms with Crippen LogP contribution in [0.1, 0.15) is 35.6 Å². The van der Waals surface area contributed by atoms with Crippen molar-refractivity contribution in [3.05, 3.63) is 17.7 Å². The molecule has 0 spiro atoms. The Balaban J connectivity index is 2.12. The molecule has 86 valence electrons. The fourth-order valence-corrected chi connectivity index (χ4v) is 1.84. The van der Waals surface area contributed by atoms with Crippen molar-refractivity contribution in [2.45, 2.75) is 32.2 Å². The Morgan fingerprint density at radius 3 is 3.00 bits per heavy atom. The number of esters is 1. The van der Waals surface area contributed by atoms with Crippen LogP contribution >= 0.6 is 0 Å². The van der Waals surface area contributed by atoms with Crippen molar-refractivity contribution in [2.75, 3.05) is 7.11 Å². The van der Waals surface area contributed by atoms with Crippen molar-refractivity contribution in [3.8, 4) is 0 Å². The average molecular weight is 222 g/mol. The first-order valence-electron chi connectivity index (χ1n) is 5.37. The third-order valence-electron chi connectivity index (χ3n) is 2.73. The molecule has 1 aromatic heterocycles. The largest absolute Gasteiger partial charge is 0.469 e. The minimum absolute atomic E-state index is 0.229. The molecule has 5 heteroatoms. The van der Waals surface area contributed by atoms with Crippen LogP contribution in [0.15, 0.2) is 6.20 Å². The molecule has 1 aliphatic rings. The van der Waals surface area contributed by atoms with Gasteiger partial charge in [-0.25, -0.2) is 4.98 Å². The summed E-state index contributed by atoms with van der Waals surface area (Å²) in [5, 5.41) is 0. The molecule has 2 rings (SSSR count). The van der Waals surface area contributed by atoms with Crippen molar-refractivity contribution < 1.29 is 14.3 Å². The summed E-state index contributed by atoms with van der Waals surface area (Å²) in [6.07, 6.45) is 4.65. The van der Waals surface area contributed by atoms with E-state index in [1.807, 2.05) is 4.57 Å². The van der Waals surface area contributed by atoms with Crippen molar-refractivity contribution in [1.29, 1.82) is 0 Å². The highest BCUT2D eigenvalue weighted by atomic mass is 16.5. The highest BCUT2D eigenvalue weighted by Gasteiger charge is 2.18. The van der Waals surface area contributed by atoms with Gasteiger partial charge in [-0.1, -0.05) is 0 Å². The number of fused-ring (bicyclic) bond motifs is 1. The van der Waals surface area contributed by atoms with E-state index in [0.29, 0.717) is 5.69 Å². The Labute approximate surface area is 93.4 Å². The number of ketones is 1. The summed E-state index contributed by atoms with van der Waals surface area (Å²) in [7, 11) is 1.27. The van der Waals surface area contributed by atoms with Gasteiger partial charge in [-0.05, 0) is 12.8 Å². The number of carbonyl (C=O) groups is 2. The van der Waals surface area contributed by atoms with E-state index in [0.717, 1.165) is 31.6 Å². The number of carbonyl (C=O) groups excluding carboxylic acids is 2. The number of methoxy groups -OCH3 is 1. The maximum Gasteiger partial charge on any atom is 0.313 e. The predicted octanol–water partition coefficient (Wildman–Crippen LogP) is 0.965. The van der Waals surface area contributed by atoms with Gasteiger partial charge in [0.05, 0.1) is 7.11 Å². The summed E-state index contributed by atoms with van der Waals surface area (Å²) in [4.78, 5) is 26.9. The average Bonchev–Trinajstić information content (AvgIpc) is 2.72. The number of hydrogen-bond donors (Lipinski definition) is 0. The van der Waals surface area contributed by atoms with Crippen molar-refractivity contribution in [2.24, 2.45) is 0 Å². The van der Waals surface area contributed by atoms with Crippen LogP contribution in [0.25, 0.3) is 0 Å². The molecular weight excluding hydrogens is 208 g/mol. The molecule has 1 aliphatic heterocycles. The number of ether oxygens (including phenoxy) is 1. The Bertz CT molecular complexity index is 399. The molecule has 0 aromatic carbocycles. The van der Waals surface area contributed by atoms with Gasteiger partial charge in [0.15, 0.2) is 5.78 Å². The lowest BCUT2D eigenvalue weighted by Gasteiger charge is -2.11. The lowest BCUT2D eigenvalue weighted by Crippen LogP contribution is -2.09. The number of aromatic nitrogens is 2. The van der Waals surface area contributed by atoms with E-state index >= 15 is 0 Å². The van der Waals surface area contributed by atoms with Crippen LogP contribution in [-0.4, -0.2) is 28.4 Å². The fourth-order valence-electron chi connectivity index (χ4n) is 1.84. The molecule has 16 heavy (non-hydrogen) atoms. The van der Waals surface area contributed by atoms with E-state index in [4.69, 9.17) is 0 Å². The monoisotopic (exact) mass is 222 g/mol. The summed E-state index contributed by atoms with van der Waals surface area (Å²) >= 11 is 0. The number of aryl methyl sites for hydroxylation is 2. The Morgan fingerprint density at radius 1 is 1.50 bits per heavy atom. The van der Waals surface area contributed by atoms with Crippen LogP contribution in [0.2, 0.25) is 0 Å². The van der Waals surface area contributed by atoms with Gasteiger partial charge in [-0.3, -0.25) is 9.59 Å². The summed E-state index contributed by atoms with van der Waals surface area (Å²) in [5.74, 6) is 0.157. The van der Waals surface area contributed by atoms with E-state index in [1.165, 1.54) is 7.11 Å². The van der Waals surface area contributed by atoms with Crippen molar-refractivity contribution in [3.63, 3.8) is 0 Å². The van der Waals surface area contributed by atoms with E-state index < -0.39 is 5.97 Å². The third-order valence-corrected chi connectivity index (χ3v) is 2.73. The van der Waals surface area contributed by atoms with Crippen molar-refractivity contribution >= 4 is 11.8 Å². The molecule has 0 bridgehead atoms. The van der Waals surface area contributed by atoms with Gasteiger partial charge in [0.25, 0.3) is 0 Å². The first kappa shape index (κ1) is 10.9. The molecule has 0 unspecified atom stereocenters. The Kier molecular flexibility index (Phi) is 3.03. The van der Waals surface area contributed by atoms with Gasteiger partial charge in [0.2, 0.25) is 0 Å². The normalized spacial score (nSPS) is 14.3. The highest BCUT2D eigenvalue weighted by Crippen LogP contribution is 2.15. The molecule has 0 aliphatic carbocycles. The molecule has 0 radical (unpaired) electrons. The SMILES string of the molecule is COC(=O)CC(=O)c1cn2c(n1)CCCC2. The molecule has 0 fully saturated rings. The van der Waals surface area contributed by atoms with E-state index in [2.05, 4.69) is 9.72 Å². The van der Waals surface area contributed by atoms with Gasteiger partial charge in [-0.2, -0.15) is 0 Å². The second kappa shape index (κ2) is 4.47. The first-order chi connectivity index (χ1) is 7.70. The topological polar surface area (TPSA) is 61.2 Å². The molecule has 0 saturated heterocycles. The molecule has 1 aromatic rings. The number of hydrogen-bond acceptors (Lipinski definition) is 4. The van der Waals surface area contributed by atoms with Gasteiger partial charge in [0, 0.05) is 19.2 Å². The van der Waals surface area contributed by atoms with Crippen LogP contribution < -0.4 is 0 Å². The molecule has 2 heterocycles. The summed E-state index contributed by atoms with van der Waals surface area (Å²) < 4.78 is 6.44. The molecule has 0 saturated carbocycles. The van der Waals surface area contributed by atoms with E-state index in [9.17, 15) is 9.59 Å². The highest BCUT2D eigenvalue weighted by molar-refractivity contribution is 6.04. The fraction of sp³-hybridized carbons (Fsp3) is 0.545. The lowest BCUT2D eigenvalue weighted by molar-refractivity contribution is -0.139. The Hall–Kier alpha value is -1.65. The van der Waals surface area contributed by atoms with Gasteiger partial charge >= 0.3 is 5.97 Å². The van der Waals surface area contributed by atoms with Crippen LogP contribution in [0.4, 0.5) is 0 Å². The standard InChI is InChI=1S/C11H14N2O3/c1-16-11(15)6-9(14)8-7-13-5-3-2-4-10(13)12-8/h7H,2-6H2,1H3. The minimum Gasteiger partial charge on any atom is -0.469 e. The quantitative estimate of drug-likeness (QED) is 0.434. The maximum atomic E-state index is 11.7. The first-order valence-corrected chi connectivity index (χ1v) is 5.37. The summed E-state index contributed by atoms with van der Waals surface area (Å²) in [5.41, 5.74) is 0.377. The zero-order valence-electron chi connectivity index (χ0n) is 9.23. The number of Topliss-reactive ketones (excluding diaryl/α,β-unsaturated/α-hetero) is 1. The second-order valence-electron chi connectivity index (χ2n) is 3.87. The molecule has 0 amide bonds. The predicted molar refractivity (Wildman–Crippen MR) is 56.1 cm³/mol. The zero-order chi connectivity index (χ0) is 11.5. The summed E-state index contributed by atoms with van der Waals surface area (Å²) in [6, 6.07) is 0. The van der Waals surface area contributed by atoms with Crippen LogP contribution in [0.3, 0.4) is 0 Å². The second-order valence-corrected chi connectivity index (χ2v) is 3.87. The van der Waals surface area contributed by atoms with Gasteiger partial charge < -0.3 is 9.30 Å². The van der Waals surface area contributed by atoms with Crippen LogP contribution in [0.5, 0.6) is 0 Å². The van der Waals surface area contributed by atoms with Crippen molar-refractivity contribution in [1.82, 2.24) is 9.55 Å². The maximum absolute atomic E-state index is 11.7. The molecule has 0 N–H and O–H groups in total. The van der Waals surface area contributed by atoms with E-state index in [1.54, 1.807) is 6.20 Å². The van der Waals surface area contributed by atoms with Crippen LogP contribution in [-0.2, 0) is 22.5 Å². The number of rotatable bonds is 3. The number of imidazole rings is 1. The smallest absolute Gasteiger partial charge is 0.313 e. The lowest BCUT2D eigenvalue weighted by atomic mass is 10.2. The van der Waals surface area contributed by atoms with E-state index in [-0.39, 0.29) is 12.2 Å². The van der Waals surface area contributed by atoms with Gasteiger partial charge in [0.1, 0.15) is 17.9 Å². The summed E-state index contributed by atoms with van der Waals surface area (Å²) in [6.45, 7) is 0.911. The van der Waals surface area contributed by atoms with Gasteiger partial charge in [-0.15, -0.1) is 0 Å². The zero-order valence-corrected chi connectivity index (χ0v) is 9.23. The molecule has 0 atom stereocenters. The minimum atomic E-state index is -0.518. The van der Waals surface area contributed by atoms with Crippen LogP contribution in [0, 0.1) is 0 Å². The molecule has 5 nitrogen and oxygen atoms in total. The number of nitrogens with zero attached hydrogens (tertiary/aromatic N) is 2.